The molecule has 1 aliphatic heterocycles. The lowest BCUT2D eigenvalue weighted by atomic mass is 9.94. The van der Waals surface area contributed by atoms with Crippen LogP contribution in [0.3, 0.4) is 0 Å². The van der Waals surface area contributed by atoms with Gasteiger partial charge in [0.25, 0.3) is 12.3 Å². The third kappa shape index (κ3) is 4.39. The molecule has 0 saturated carbocycles. The van der Waals surface area contributed by atoms with Gasteiger partial charge in [-0.25, -0.2) is 23.1 Å². The van der Waals surface area contributed by atoms with Crippen LogP contribution < -0.4 is 10.2 Å². The first kappa shape index (κ1) is 23.0. The zero-order chi connectivity index (χ0) is 23.9. The summed E-state index contributed by atoms with van der Waals surface area (Å²) in [5.41, 5.74) is -0.578. The maximum atomic E-state index is 14.5. The number of hydrogen-bond acceptors (Lipinski definition) is 5. The van der Waals surface area contributed by atoms with E-state index in [0.717, 1.165) is 6.07 Å². The number of halogens is 3. The predicted molar refractivity (Wildman–Crippen MR) is 118 cm³/mol. The lowest BCUT2D eigenvalue weighted by Crippen LogP contribution is -2.42. The predicted octanol–water partition coefficient (Wildman–Crippen LogP) is 3.89. The van der Waals surface area contributed by atoms with E-state index in [4.69, 9.17) is 0 Å². The quantitative estimate of drug-likeness (QED) is 0.603. The van der Waals surface area contributed by atoms with Crippen LogP contribution in [0.15, 0.2) is 30.6 Å². The number of nitrogens with zero attached hydrogens (tertiary/aromatic N) is 4. The van der Waals surface area contributed by atoms with Crippen LogP contribution in [0.1, 0.15) is 60.8 Å². The number of amides is 1. The Morgan fingerprint density at radius 2 is 1.88 bits per heavy atom. The zero-order valence-electron chi connectivity index (χ0n) is 18.6. The van der Waals surface area contributed by atoms with Gasteiger partial charge in [-0.3, -0.25) is 4.79 Å². The van der Waals surface area contributed by atoms with Crippen molar-refractivity contribution in [3.8, 4) is 0 Å². The number of rotatable bonds is 5. The molecule has 0 unspecified atom stereocenters. The van der Waals surface area contributed by atoms with Gasteiger partial charge in [-0.2, -0.15) is 0 Å². The number of fused-ring (bicyclic) bond motifs is 1. The highest BCUT2D eigenvalue weighted by Crippen LogP contribution is 2.31. The zero-order valence-corrected chi connectivity index (χ0v) is 18.6. The van der Waals surface area contributed by atoms with Crippen LogP contribution in [0.4, 0.5) is 19.0 Å². The van der Waals surface area contributed by atoms with Crippen LogP contribution >= 0.6 is 0 Å². The van der Waals surface area contributed by atoms with Gasteiger partial charge in [0.15, 0.2) is 0 Å². The van der Waals surface area contributed by atoms with Crippen molar-refractivity contribution in [2.75, 3.05) is 18.0 Å². The SMILES string of the molecule is C[C@@H](NC(=O)c1cc2c(N3CCC(C)(O)CC3)ncnc2n1C)c1cccc(C(F)F)c1F. The molecule has 2 N–H and O–H groups in total. The maximum Gasteiger partial charge on any atom is 0.268 e. The summed E-state index contributed by atoms with van der Waals surface area (Å²) in [4.78, 5) is 23.8. The number of carbonyl (C=O) groups is 1. The molecule has 7 nitrogen and oxygen atoms in total. The summed E-state index contributed by atoms with van der Waals surface area (Å²) in [6, 6.07) is 4.59. The number of hydrogen-bond donors (Lipinski definition) is 2. The van der Waals surface area contributed by atoms with Crippen LogP contribution in [0.5, 0.6) is 0 Å². The van der Waals surface area contributed by atoms with Gasteiger partial charge in [-0.05, 0) is 32.8 Å². The first-order valence-corrected chi connectivity index (χ1v) is 10.7. The largest absolute Gasteiger partial charge is 0.390 e. The lowest BCUT2D eigenvalue weighted by Gasteiger charge is -2.36. The van der Waals surface area contributed by atoms with E-state index in [1.54, 1.807) is 24.6 Å². The summed E-state index contributed by atoms with van der Waals surface area (Å²) < 4.78 is 42.2. The van der Waals surface area contributed by atoms with Gasteiger partial charge in [-0.1, -0.05) is 18.2 Å². The Balaban J connectivity index is 1.61. The Hall–Kier alpha value is -3.14. The molecule has 3 heterocycles. The van der Waals surface area contributed by atoms with Crippen molar-refractivity contribution in [1.29, 1.82) is 0 Å². The van der Waals surface area contributed by atoms with E-state index in [-0.39, 0.29) is 11.3 Å². The fourth-order valence-corrected chi connectivity index (χ4v) is 4.21. The number of anilines is 1. The number of benzene rings is 1. The van der Waals surface area contributed by atoms with Crippen molar-refractivity contribution in [2.24, 2.45) is 7.05 Å². The van der Waals surface area contributed by atoms with Gasteiger partial charge in [0.2, 0.25) is 0 Å². The highest BCUT2D eigenvalue weighted by atomic mass is 19.3. The number of aromatic nitrogens is 3. The van der Waals surface area contributed by atoms with Crippen molar-refractivity contribution in [3.63, 3.8) is 0 Å². The van der Waals surface area contributed by atoms with Crippen LogP contribution in [0.25, 0.3) is 11.0 Å². The van der Waals surface area contributed by atoms with Gasteiger partial charge >= 0.3 is 0 Å². The molecule has 0 bridgehead atoms. The Bertz CT molecular complexity index is 1180. The van der Waals surface area contributed by atoms with E-state index in [1.165, 1.54) is 18.5 Å². The number of aryl methyl sites for hydroxylation is 1. The monoisotopic (exact) mass is 461 g/mol. The topological polar surface area (TPSA) is 83.3 Å². The number of alkyl halides is 2. The van der Waals surface area contributed by atoms with E-state index in [9.17, 15) is 23.1 Å². The molecule has 1 saturated heterocycles. The number of nitrogens with one attached hydrogen (secondary N) is 1. The standard InChI is InChI=1S/C23H26F3N5O2/c1-13(14-5-4-6-15(18(14)24)19(25)26)29-22(32)17-11-16-20(30(17)3)27-12-28-21(16)31-9-7-23(2,33)8-10-31/h4-6,11-13,19,33H,7-10H2,1-3H3,(H,29,32)/t13-/m1/s1. The molecule has 0 spiro atoms. The second-order valence-corrected chi connectivity index (χ2v) is 8.75. The van der Waals surface area contributed by atoms with Crippen LogP contribution in [0, 0.1) is 5.82 Å². The smallest absolute Gasteiger partial charge is 0.268 e. The summed E-state index contributed by atoms with van der Waals surface area (Å²) in [5, 5.41) is 13.6. The second-order valence-electron chi connectivity index (χ2n) is 8.75. The summed E-state index contributed by atoms with van der Waals surface area (Å²) in [5.74, 6) is -0.835. The minimum Gasteiger partial charge on any atom is -0.390 e. The summed E-state index contributed by atoms with van der Waals surface area (Å²) in [6.07, 6.45) is -0.319. The van der Waals surface area contributed by atoms with Gasteiger partial charge < -0.3 is 19.9 Å². The molecule has 0 radical (unpaired) electrons. The molecular weight excluding hydrogens is 435 g/mol. The molecule has 1 fully saturated rings. The fraction of sp³-hybridized carbons (Fsp3) is 0.435. The minimum absolute atomic E-state index is 0.0132. The second kappa shape index (κ2) is 8.66. The molecule has 176 valence electrons. The van der Waals surface area contributed by atoms with Crippen molar-refractivity contribution >= 4 is 22.8 Å². The van der Waals surface area contributed by atoms with Crippen LogP contribution in [-0.4, -0.2) is 44.2 Å². The fourth-order valence-electron chi connectivity index (χ4n) is 4.21. The Labute approximate surface area is 189 Å². The number of aliphatic hydroxyl groups is 1. The van der Waals surface area contributed by atoms with Gasteiger partial charge in [0.05, 0.1) is 22.6 Å². The minimum atomic E-state index is -2.94. The molecule has 1 amide bonds. The van der Waals surface area contributed by atoms with Crippen molar-refractivity contribution < 1.29 is 23.1 Å². The number of carbonyl (C=O) groups excluding carboxylic acids is 1. The normalized spacial score (nSPS) is 16.9. The molecule has 2 aromatic heterocycles. The van der Waals surface area contributed by atoms with E-state index < -0.39 is 35.4 Å². The van der Waals surface area contributed by atoms with E-state index in [0.29, 0.717) is 42.8 Å². The van der Waals surface area contributed by atoms with Crippen LogP contribution in [0.2, 0.25) is 0 Å². The summed E-state index contributed by atoms with van der Waals surface area (Å²) in [6.45, 7) is 4.59. The van der Waals surface area contributed by atoms with Crippen LogP contribution in [-0.2, 0) is 7.05 Å². The molecule has 1 aromatic carbocycles. The van der Waals surface area contributed by atoms with Gasteiger partial charge in [-0.15, -0.1) is 0 Å². The Kier molecular flexibility index (Phi) is 6.04. The third-order valence-corrected chi connectivity index (χ3v) is 6.28. The summed E-state index contributed by atoms with van der Waals surface area (Å²) in [7, 11) is 1.69. The average molecular weight is 461 g/mol. The summed E-state index contributed by atoms with van der Waals surface area (Å²) >= 11 is 0. The molecule has 1 aliphatic rings. The molecule has 1 atom stereocenters. The highest BCUT2D eigenvalue weighted by molar-refractivity contribution is 6.00. The average Bonchev–Trinajstić information content (AvgIpc) is 3.10. The molecule has 0 aliphatic carbocycles. The van der Waals surface area contributed by atoms with E-state index in [1.807, 2.05) is 6.92 Å². The molecular formula is C23H26F3N5O2. The van der Waals surface area contributed by atoms with Crippen molar-refractivity contribution in [2.45, 2.75) is 44.8 Å². The maximum absolute atomic E-state index is 14.5. The molecule has 3 aromatic rings. The van der Waals surface area contributed by atoms with E-state index >= 15 is 0 Å². The first-order chi connectivity index (χ1) is 15.6. The Morgan fingerprint density at radius 1 is 1.21 bits per heavy atom. The Morgan fingerprint density at radius 3 is 2.55 bits per heavy atom. The van der Waals surface area contributed by atoms with Gasteiger partial charge in [0, 0.05) is 25.7 Å². The first-order valence-electron chi connectivity index (χ1n) is 10.7. The van der Waals surface area contributed by atoms with Gasteiger partial charge in [0.1, 0.15) is 29.3 Å². The van der Waals surface area contributed by atoms with Crippen molar-refractivity contribution in [3.05, 3.63) is 53.2 Å². The third-order valence-electron chi connectivity index (χ3n) is 6.28. The lowest BCUT2D eigenvalue weighted by molar-refractivity contribution is 0.0350. The highest BCUT2D eigenvalue weighted by Gasteiger charge is 2.30. The van der Waals surface area contributed by atoms with E-state index in [2.05, 4.69) is 20.2 Å². The molecule has 4 rings (SSSR count). The molecule has 33 heavy (non-hydrogen) atoms. The number of piperidine rings is 1. The molecule has 10 heteroatoms. The van der Waals surface area contributed by atoms with Crippen molar-refractivity contribution in [1.82, 2.24) is 19.9 Å².